The molecule has 0 saturated heterocycles. The van der Waals surface area contributed by atoms with E-state index in [9.17, 15) is 0 Å². The Bertz CT molecular complexity index is 724. The Labute approximate surface area is 123 Å². The third-order valence-electron chi connectivity index (χ3n) is 2.93. The third-order valence-corrected chi connectivity index (χ3v) is 4.86. The summed E-state index contributed by atoms with van der Waals surface area (Å²) in [5.41, 5.74) is 8.55. The molecule has 0 saturated carbocycles. The summed E-state index contributed by atoms with van der Waals surface area (Å²) in [4.78, 5) is 5.60. The number of pyridine rings is 1. The van der Waals surface area contributed by atoms with Crippen LogP contribution in [0.2, 0.25) is 0 Å². The van der Waals surface area contributed by atoms with Gasteiger partial charge in [0, 0.05) is 26.6 Å². The molecule has 0 bridgehead atoms. The number of thiophene rings is 1. The number of hydrogen-bond donors (Lipinski definition) is 2. The molecular formula is C14H12BrN3S. The normalized spacial score (nSPS) is 10.8. The smallest absolute Gasteiger partial charge is 0.0951 e. The van der Waals surface area contributed by atoms with Gasteiger partial charge in [0.05, 0.1) is 17.7 Å². The number of fused-ring (bicyclic) bond motifs is 1. The molecule has 0 spiro atoms. The lowest BCUT2D eigenvalue weighted by molar-refractivity contribution is 1.19. The molecule has 5 heteroatoms. The van der Waals surface area contributed by atoms with Gasteiger partial charge in [0.1, 0.15) is 0 Å². The second kappa shape index (κ2) is 5.19. The van der Waals surface area contributed by atoms with Crippen molar-refractivity contribution in [1.29, 1.82) is 0 Å². The van der Waals surface area contributed by atoms with Crippen LogP contribution in [0.15, 0.2) is 46.4 Å². The number of hydrogen-bond acceptors (Lipinski definition) is 4. The van der Waals surface area contributed by atoms with Crippen molar-refractivity contribution in [2.24, 2.45) is 0 Å². The van der Waals surface area contributed by atoms with E-state index >= 15 is 0 Å². The first-order chi connectivity index (χ1) is 9.25. The van der Waals surface area contributed by atoms with Crippen LogP contribution in [0.4, 0.5) is 11.4 Å². The average Bonchev–Trinajstić information content (AvgIpc) is 2.84. The average molecular weight is 334 g/mol. The minimum atomic E-state index is 0.707. The van der Waals surface area contributed by atoms with Gasteiger partial charge in [-0.2, -0.15) is 0 Å². The van der Waals surface area contributed by atoms with Crippen molar-refractivity contribution in [2.75, 3.05) is 11.1 Å². The SMILES string of the molecule is Nc1ccc(NCc2sccc2Br)c2cccnc12. The highest BCUT2D eigenvalue weighted by atomic mass is 79.9. The molecule has 3 rings (SSSR count). The minimum Gasteiger partial charge on any atom is -0.397 e. The molecule has 2 heterocycles. The van der Waals surface area contributed by atoms with Gasteiger partial charge in [0.15, 0.2) is 0 Å². The molecule has 19 heavy (non-hydrogen) atoms. The zero-order valence-corrected chi connectivity index (χ0v) is 12.5. The molecular weight excluding hydrogens is 322 g/mol. The quantitative estimate of drug-likeness (QED) is 0.704. The van der Waals surface area contributed by atoms with Crippen LogP contribution < -0.4 is 11.1 Å². The van der Waals surface area contributed by atoms with E-state index in [0.717, 1.165) is 27.6 Å². The standard InChI is InChI=1S/C14H12BrN3S/c15-10-5-7-19-13(10)8-18-12-4-3-11(16)14-9(12)2-1-6-17-14/h1-7,18H,8,16H2. The van der Waals surface area contributed by atoms with Gasteiger partial charge in [0.2, 0.25) is 0 Å². The van der Waals surface area contributed by atoms with Crippen LogP contribution in [-0.4, -0.2) is 4.98 Å². The molecule has 0 atom stereocenters. The van der Waals surface area contributed by atoms with E-state index < -0.39 is 0 Å². The maximum atomic E-state index is 5.94. The summed E-state index contributed by atoms with van der Waals surface area (Å²) in [5.74, 6) is 0. The fourth-order valence-corrected chi connectivity index (χ4v) is 3.41. The summed E-state index contributed by atoms with van der Waals surface area (Å²) in [5, 5.41) is 6.57. The highest BCUT2D eigenvalue weighted by Gasteiger charge is 2.06. The van der Waals surface area contributed by atoms with Gasteiger partial charge in [0.25, 0.3) is 0 Å². The first-order valence-corrected chi connectivity index (χ1v) is 7.52. The number of nitrogens with one attached hydrogen (secondary N) is 1. The van der Waals surface area contributed by atoms with Gasteiger partial charge in [-0.1, -0.05) is 0 Å². The van der Waals surface area contributed by atoms with E-state index in [0.29, 0.717) is 5.69 Å². The Kier molecular flexibility index (Phi) is 3.40. The van der Waals surface area contributed by atoms with Crippen molar-refractivity contribution < 1.29 is 0 Å². The molecule has 1 aromatic carbocycles. The van der Waals surface area contributed by atoms with Crippen LogP contribution in [0.1, 0.15) is 4.88 Å². The lowest BCUT2D eigenvalue weighted by Crippen LogP contribution is -2.00. The summed E-state index contributed by atoms with van der Waals surface area (Å²) >= 11 is 5.27. The van der Waals surface area contributed by atoms with Crippen LogP contribution in [0, 0.1) is 0 Å². The minimum absolute atomic E-state index is 0.707. The van der Waals surface area contributed by atoms with Gasteiger partial charge in [-0.3, -0.25) is 4.98 Å². The van der Waals surface area contributed by atoms with Crippen molar-refractivity contribution in [3.8, 4) is 0 Å². The first kappa shape index (κ1) is 12.4. The van der Waals surface area contributed by atoms with Gasteiger partial charge in [-0.05, 0) is 51.6 Å². The number of nitrogens with zero attached hydrogens (tertiary/aromatic N) is 1. The van der Waals surface area contributed by atoms with Crippen molar-refractivity contribution in [3.05, 3.63) is 51.3 Å². The summed E-state index contributed by atoms with van der Waals surface area (Å²) in [7, 11) is 0. The number of anilines is 2. The van der Waals surface area contributed by atoms with Crippen LogP contribution in [0.5, 0.6) is 0 Å². The van der Waals surface area contributed by atoms with E-state index in [4.69, 9.17) is 5.73 Å². The van der Waals surface area contributed by atoms with Crippen LogP contribution in [0.25, 0.3) is 10.9 Å². The van der Waals surface area contributed by atoms with Crippen molar-refractivity contribution in [3.63, 3.8) is 0 Å². The highest BCUT2D eigenvalue weighted by molar-refractivity contribution is 9.10. The van der Waals surface area contributed by atoms with Crippen LogP contribution >= 0.6 is 27.3 Å². The predicted octanol–water partition coefficient (Wildman–Crippen LogP) is 4.25. The van der Waals surface area contributed by atoms with Gasteiger partial charge >= 0.3 is 0 Å². The van der Waals surface area contributed by atoms with E-state index in [2.05, 4.69) is 37.7 Å². The van der Waals surface area contributed by atoms with Crippen molar-refractivity contribution in [2.45, 2.75) is 6.54 Å². The summed E-state index contributed by atoms with van der Waals surface area (Å²) in [6, 6.07) is 9.91. The molecule has 96 valence electrons. The maximum absolute atomic E-state index is 5.94. The fourth-order valence-electron chi connectivity index (χ4n) is 1.98. The molecule has 0 aliphatic rings. The van der Waals surface area contributed by atoms with Gasteiger partial charge < -0.3 is 11.1 Å². The summed E-state index contributed by atoms with van der Waals surface area (Å²) in [6.07, 6.45) is 1.76. The number of nitrogen functional groups attached to an aromatic ring is 1. The molecule has 3 nitrogen and oxygen atoms in total. The van der Waals surface area contributed by atoms with Crippen LogP contribution in [0.3, 0.4) is 0 Å². The number of aromatic nitrogens is 1. The molecule has 2 aromatic heterocycles. The van der Waals surface area contributed by atoms with Gasteiger partial charge in [-0.25, -0.2) is 0 Å². The number of halogens is 1. The third kappa shape index (κ3) is 2.43. The second-order valence-corrected chi connectivity index (χ2v) is 6.00. The number of nitrogens with two attached hydrogens (primary N) is 1. The van der Waals surface area contributed by atoms with Crippen LogP contribution in [-0.2, 0) is 6.54 Å². The molecule has 0 aliphatic heterocycles. The Morgan fingerprint density at radius 1 is 1.26 bits per heavy atom. The maximum Gasteiger partial charge on any atom is 0.0951 e. The summed E-state index contributed by atoms with van der Waals surface area (Å²) < 4.78 is 1.14. The largest absolute Gasteiger partial charge is 0.397 e. The Morgan fingerprint density at radius 3 is 2.95 bits per heavy atom. The van der Waals surface area contributed by atoms with E-state index in [1.54, 1.807) is 17.5 Å². The highest BCUT2D eigenvalue weighted by Crippen LogP contribution is 2.28. The van der Waals surface area contributed by atoms with E-state index in [1.807, 2.05) is 24.3 Å². The lowest BCUT2D eigenvalue weighted by atomic mass is 10.1. The topological polar surface area (TPSA) is 50.9 Å². The number of benzene rings is 1. The Morgan fingerprint density at radius 2 is 2.16 bits per heavy atom. The van der Waals surface area contributed by atoms with Crippen molar-refractivity contribution >= 4 is 49.5 Å². The monoisotopic (exact) mass is 333 g/mol. The zero-order chi connectivity index (χ0) is 13.2. The molecule has 3 aromatic rings. The first-order valence-electron chi connectivity index (χ1n) is 5.84. The fraction of sp³-hybridized carbons (Fsp3) is 0.0714. The molecule has 0 unspecified atom stereocenters. The van der Waals surface area contributed by atoms with E-state index in [-0.39, 0.29) is 0 Å². The Hall–Kier alpha value is -1.59. The zero-order valence-electron chi connectivity index (χ0n) is 10.1. The molecule has 3 N–H and O–H groups in total. The van der Waals surface area contributed by atoms with E-state index in [1.165, 1.54) is 4.88 Å². The molecule has 0 amide bonds. The summed E-state index contributed by atoms with van der Waals surface area (Å²) in [6.45, 7) is 0.784. The second-order valence-electron chi connectivity index (χ2n) is 4.15. The Balaban J connectivity index is 1.93. The van der Waals surface area contributed by atoms with Gasteiger partial charge in [-0.15, -0.1) is 11.3 Å². The molecule has 0 aliphatic carbocycles. The predicted molar refractivity (Wildman–Crippen MR) is 85.5 cm³/mol. The lowest BCUT2D eigenvalue weighted by Gasteiger charge is -2.10. The molecule has 0 fully saturated rings. The number of rotatable bonds is 3. The van der Waals surface area contributed by atoms with Crippen molar-refractivity contribution in [1.82, 2.24) is 4.98 Å². The molecule has 0 radical (unpaired) electrons.